The Labute approximate surface area is 152 Å². The number of carbonyl (C=O) groups is 1. The minimum Gasteiger partial charge on any atom is -0.304 e. The summed E-state index contributed by atoms with van der Waals surface area (Å²) in [7, 11) is 0. The van der Waals surface area contributed by atoms with E-state index < -0.39 is 11.6 Å². The molecule has 1 amide bonds. The lowest BCUT2D eigenvalue weighted by molar-refractivity contribution is 0.0977. The van der Waals surface area contributed by atoms with Crippen LogP contribution in [0.4, 0.5) is 14.5 Å². The molecule has 0 spiro atoms. The summed E-state index contributed by atoms with van der Waals surface area (Å²) in [5.41, 5.74) is 1.69. The lowest BCUT2D eigenvalue weighted by Gasteiger charge is -2.29. The second-order valence-corrected chi connectivity index (χ2v) is 8.15. The van der Waals surface area contributed by atoms with Gasteiger partial charge in [-0.15, -0.1) is 0 Å². The minimum absolute atomic E-state index is 0.180. The first-order valence-electron chi connectivity index (χ1n) is 9.00. The second kappa shape index (κ2) is 6.49. The first-order valence-corrected chi connectivity index (χ1v) is 9.00. The van der Waals surface area contributed by atoms with Crippen LogP contribution < -0.4 is 4.90 Å². The van der Waals surface area contributed by atoms with Crippen LogP contribution in [-0.2, 0) is 12.0 Å². The number of halogens is 2. The Bertz CT molecular complexity index is 849. The zero-order chi connectivity index (χ0) is 19.2. The zero-order valence-electron chi connectivity index (χ0n) is 15.9. The third-order valence-electron chi connectivity index (χ3n) is 4.63. The zero-order valence-corrected chi connectivity index (χ0v) is 15.9. The summed E-state index contributed by atoms with van der Waals surface area (Å²) in [5, 5.41) is 4.53. The Hall–Kier alpha value is -2.24. The monoisotopic (exact) mass is 361 g/mol. The lowest BCUT2D eigenvalue weighted by Crippen LogP contribution is -2.37. The lowest BCUT2D eigenvalue weighted by atomic mass is 10.0. The number of anilines is 1. The Morgan fingerprint density at radius 1 is 1.19 bits per heavy atom. The van der Waals surface area contributed by atoms with Gasteiger partial charge in [0.2, 0.25) is 0 Å². The molecule has 3 rings (SSSR count). The van der Waals surface area contributed by atoms with Gasteiger partial charge in [0.05, 0.1) is 11.2 Å². The number of amides is 1. The Morgan fingerprint density at radius 2 is 1.88 bits per heavy atom. The van der Waals surface area contributed by atoms with E-state index in [4.69, 9.17) is 0 Å². The van der Waals surface area contributed by atoms with Crippen molar-refractivity contribution in [2.24, 2.45) is 0 Å². The molecule has 1 aromatic heterocycles. The second-order valence-electron chi connectivity index (χ2n) is 8.15. The van der Waals surface area contributed by atoms with Gasteiger partial charge in [0.25, 0.3) is 5.91 Å². The van der Waals surface area contributed by atoms with Crippen molar-refractivity contribution in [2.45, 2.75) is 58.9 Å². The maximum absolute atomic E-state index is 14.4. The van der Waals surface area contributed by atoms with Gasteiger partial charge in [0, 0.05) is 18.3 Å². The molecule has 1 aliphatic heterocycles. The Morgan fingerprint density at radius 3 is 2.46 bits per heavy atom. The van der Waals surface area contributed by atoms with Gasteiger partial charge in [-0.3, -0.25) is 9.48 Å². The van der Waals surface area contributed by atoms with Crippen LogP contribution >= 0.6 is 0 Å². The maximum atomic E-state index is 14.4. The van der Waals surface area contributed by atoms with E-state index in [-0.39, 0.29) is 23.1 Å². The molecule has 2 heterocycles. The van der Waals surface area contributed by atoms with Gasteiger partial charge >= 0.3 is 0 Å². The molecular formula is C20H25F2N3O. The van der Waals surface area contributed by atoms with E-state index in [0.29, 0.717) is 30.6 Å². The van der Waals surface area contributed by atoms with Crippen LogP contribution in [0.3, 0.4) is 0 Å². The van der Waals surface area contributed by atoms with E-state index in [1.54, 1.807) is 6.07 Å². The van der Waals surface area contributed by atoms with Crippen molar-refractivity contribution in [2.75, 3.05) is 11.4 Å². The maximum Gasteiger partial charge on any atom is 0.278 e. The number of hydrogen-bond donors (Lipinski definition) is 0. The third kappa shape index (κ3) is 3.24. The van der Waals surface area contributed by atoms with Crippen molar-refractivity contribution in [1.82, 2.24) is 9.78 Å². The molecule has 140 valence electrons. The van der Waals surface area contributed by atoms with Crippen LogP contribution in [0.15, 0.2) is 18.2 Å². The molecule has 0 N–H and O–H groups in total. The van der Waals surface area contributed by atoms with Crippen molar-refractivity contribution in [3.8, 4) is 0 Å². The molecule has 4 nitrogen and oxygen atoms in total. The molecule has 0 aliphatic carbocycles. The highest BCUT2D eigenvalue weighted by atomic mass is 19.1. The molecule has 6 heteroatoms. The van der Waals surface area contributed by atoms with Crippen molar-refractivity contribution >= 4 is 11.6 Å². The Kier molecular flexibility index (Phi) is 4.63. The van der Waals surface area contributed by atoms with Gasteiger partial charge in [-0.2, -0.15) is 5.10 Å². The summed E-state index contributed by atoms with van der Waals surface area (Å²) in [6, 6.07) is 3.93. The van der Waals surface area contributed by atoms with Gasteiger partial charge in [0.15, 0.2) is 5.69 Å². The van der Waals surface area contributed by atoms with E-state index >= 15 is 0 Å². The highest BCUT2D eigenvalue weighted by Crippen LogP contribution is 2.33. The van der Waals surface area contributed by atoms with Gasteiger partial charge < -0.3 is 4.90 Å². The molecule has 26 heavy (non-hydrogen) atoms. The highest BCUT2D eigenvalue weighted by molar-refractivity contribution is 6.05. The summed E-state index contributed by atoms with van der Waals surface area (Å²) in [6.07, 6.45) is 1.22. The predicted molar refractivity (Wildman–Crippen MR) is 97.7 cm³/mol. The van der Waals surface area contributed by atoms with Crippen molar-refractivity contribution in [3.05, 3.63) is 46.8 Å². The fourth-order valence-electron chi connectivity index (χ4n) is 3.44. The van der Waals surface area contributed by atoms with Crippen LogP contribution in [-0.4, -0.2) is 22.2 Å². The van der Waals surface area contributed by atoms with Crippen molar-refractivity contribution in [3.63, 3.8) is 0 Å². The highest BCUT2D eigenvalue weighted by Gasteiger charge is 2.31. The number of nitrogens with zero attached hydrogens (tertiary/aromatic N) is 3. The third-order valence-corrected chi connectivity index (χ3v) is 4.63. The molecule has 1 aliphatic rings. The molecule has 0 atom stereocenters. The number of aromatic nitrogens is 2. The van der Waals surface area contributed by atoms with Gasteiger partial charge in [-0.25, -0.2) is 8.78 Å². The quantitative estimate of drug-likeness (QED) is 0.782. The van der Waals surface area contributed by atoms with Crippen LogP contribution in [0, 0.1) is 11.6 Å². The standard InChI is InChI=1S/C20H25F2N3O/c1-12(2)17-11-16(23-25(17)20(3,4)5)19(26)24-8-6-7-13-9-14(21)10-15(22)18(13)24/h9-12H,6-8H2,1-5H3. The number of hydrogen-bond acceptors (Lipinski definition) is 2. The number of fused-ring (bicyclic) bond motifs is 1. The molecule has 0 saturated heterocycles. The molecule has 1 aromatic carbocycles. The number of benzene rings is 1. The summed E-state index contributed by atoms with van der Waals surface area (Å²) >= 11 is 0. The SMILES string of the molecule is CC(C)c1cc(C(=O)N2CCCc3cc(F)cc(F)c32)nn1C(C)(C)C. The van der Waals surface area contributed by atoms with Crippen LogP contribution in [0.1, 0.15) is 68.7 Å². The fourth-order valence-corrected chi connectivity index (χ4v) is 3.44. The largest absolute Gasteiger partial charge is 0.304 e. The average molecular weight is 361 g/mol. The molecule has 0 saturated carbocycles. The fraction of sp³-hybridized carbons (Fsp3) is 0.500. The van der Waals surface area contributed by atoms with Crippen molar-refractivity contribution < 1.29 is 13.6 Å². The van der Waals surface area contributed by atoms with E-state index in [0.717, 1.165) is 11.8 Å². The summed E-state index contributed by atoms with van der Waals surface area (Å²) < 4.78 is 29.8. The number of aryl methyl sites for hydroxylation is 1. The molecule has 0 unspecified atom stereocenters. The van der Waals surface area contributed by atoms with E-state index in [1.807, 2.05) is 39.3 Å². The molecule has 0 radical (unpaired) electrons. The number of rotatable bonds is 2. The summed E-state index contributed by atoms with van der Waals surface area (Å²) in [6.45, 7) is 10.6. The average Bonchev–Trinajstić information content (AvgIpc) is 2.99. The normalized spacial score (nSPS) is 14.7. The first-order chi connectivity index (χ1) is 12.1. The topological polar surface area (TPSA) is 38.1 Å². The summed E-state index contributed by atoms with van der Waals surface area (Å²) in [4.78, 5) is 14.5. The van der Waals surface area contributed by atoms with E-state index in [2.05, 4.69) is 5.10 Å². The van der Waals surface area contributed by atoms with Gasteiger partial charge in [0.1, 0.15) is 11.6 Å². The summed E-state index contributed by atoms with van der Waals surface area (Å²) in [5.74, 6) is -1.47. The van der Waals surface area contributed by atoms with Gasteiger partial charge in [-0.05, 0) is 57.2 Å². The van der Waals surface area contributed by atoms with Crippen LogP contribution in [0.25, 0.3) is 0 Å². The molecule has 2 aromatic rings. The molecule has 0 bridgehead atoms. The van der Waals surface area contributed by atoms with Crippen LogP contribution in [0.2, 0.25) is 0 Å². The predicted octanol–water partition coefficient (Wildman–Crippen LogP) is 4.63. The van der Waals surface area contributed by atoms with Crippen LogP contribution in [0.5, 0.6) is 0 Å². The smallest absolute Gasteiger partial charge is 0.278 e. The van der Waals surface area contributed by atoms with E-state index in [9.17, 15) is 13.6 Å². The van der Waals surface area contributed by atoms with Gasteiger partial charge in [-0.1, -0.05) is 13.8 Å². The number of carbonyl (C=O) groups excluding carboxylic acids is 1. The van der Waals surface area contributed by atoms with Crippen molar-refractivity contribution in [1.29, 1.82) is 0 Å². The molecular weight excluding hydrogens is 336 g/mol. The van der Waals surface area contributed by atoms with E-state index in [1.165, 1.54) is 11.0 Å². The first kappa shape index (κ1) is 18.5. The Balaban J connectivity index is 2.05. The minimum atomic E-state index is -0.701. The molecule has 0 fully saturated rings.